The number of carbonyl (C=O) groups excluding carboxylic acids is 1. The highest BCUT2D eigenvalue weighted by molar-refractivity contribution is 5.67. The number of halogens is 3. The van der Waals surface area contributed by atoms with Gasteiger partial charge in [0.05, 0.1) is 25.8 Å². The first-order valence-electron chi connectivity index (χ1n) is 6.69. The molecule has 22 heavy (non-hydrogen) atoms. The van der Waals surface area contributed by atoms with Crippen LogP contribution >= 0.6 is 0 Å². The monoisotopic (exact) mass is 319 g/mol. The first kappa shape index (κ1) is 16.6. The van der Waals surface area contributed by atoms with E-state index < -0.39 is 37.6 Å². The zero-order chi connectivity index (χ0) is 16.2. The molecular formula is C14H16F3NO4. The van der Waals surface area contributed by atoms with Gasteiger partial charge >= 0.3 is 12.3 Å². The van der Waals surface area contributed by atoms with Crippen LogP contribution in [0.15, 0.2) is 30.3 Å². The summed E-state index contributed by atoms with van der Waals surface area (Å²) < 4.78 is 48.0. The molecule has 0 spiro atoms. The van der Waals surface area contributed by atoms with E-state index in [1.165, 1.54) is 0 Å². The average Bonchev–Trinajstić information content (AvgIpc) is 2.52. The van der Waals surface area contributed by atoms with Gasteiger partial charge in [-0.15, -0.1) is 0 Å². The molecule has 0 radical (unpaired) electrons. The molecule has 1 fully saturated rings. The van der Waals surface area contributed by atoms with Crippen molar-refractivity contribution in [1.29, 1.82) is 0 Å². The summed E-state index contributed by atoms with van der Waals surface area (Å²) >= 11 is 0. The zero-order valence-electron chi connectivity index (χ0n) is 11.6. The van der Waals surface area contributed by atoms with Gasteiger partial charge in [-0.3, -0.25) is 0 Å². The molecule has 1 aliphatic heterocycles. The minimum atomic E-state index is -4.61. The molecule has 1 aromatic rings. The Hall–Kier alpha value is -1.80. The van der Waals surface area contributed by atoms with Crippen LogP contribution in [0.3, 0.4) is 0 Å². The minimum absolute atomic E-state index is 0.0303. The van der Waals surface area contributed by atoms with Crippen LogP contribution in [-0.2, 0) is 16.1 Å². The quantitative estimate of drug-likeness (QED) is 0.925. The van der Waals surface area contributed by atoms with Gasteiger partial charge in [0.1, 0.15) is 6.61 Å². The highest BCUT2D eigenvalue weighted by Crippen LogP contribution is 2.28. The second-order valence-electron chi connectivity index (χ2n) is 4.92. The van der Waals surface area contributed by atoms with Crippen molar-refractivity contribution >= 4 is 6.09 Å². The van der Waals surface area contributed by atoms with Crippen molar-refractivity contribution in [2.75, 3.05) is 19.7 Å². The van der Waals surface area contributed by atoms with E-state index in [1.807, 2.05) is 0 Å². The van der Waals surface area contributed by atoms with E-state index >= 15 is 0 Å². The maximum Gasteiger partial charge on any atom is 0.416 e. The van der Waals surface area contributed by atoms with Crippen LogP contribution < -0.4 is 0 Å². The Bertz CT molecular complexity index is 495. The third-order valence-corrected chi connectivity index (χ3v) is 3.20. The van der Waals surface area contributed by atoms with Crippen LogP contribution in [0.25, 0.3) is 0 Å². The normalized spacial score (nSPS) is 22.5. The molecule has 0 bridgehead atoms. The topological polar surface area (TPSA) is 59.0 Å². The molecule has 1 aliphatic rings. The smallest absolute Gasteiger partial charge is 0.416 e. The fraction of sp³-hybridized carbons (Fsp3) is 0.500. The van der Waals surface area contributed by atoms with Gasteiger partial charge < -0.3 is 19.5 Å². The lowest BCUT2D eigenvalue weighted by Gasteiger charge is -2.37. The molecule has 2 rings (SSSR count). The molecule has 5 nitrogen and oxygen atoms in total. The van der Waals surface area contributed by atoms with Crippen molar-refractivity contribution in [2.24, 2.45) is 0 Å². The number of nitrogens with zero attached hydrogens (tertiary/aromatic N) is 1. The maximum atomic E-state index is 12.8. The maximum absolute atomic E-state index is 12.8. The molecule has 1 N–H and O–H groups in total. The standard InChI is InChI=1S/C14H16F3NO4/c15-14(16,17)12-7-18(6-11(8-19)22-12)13(20)21-9-10-4-2-1-3-5-10/h1-5,11-12,19H,6-9H2. The average molecular weight is 319 g/mol. The van der Waals surface area contributed by atoms with Gasteiger partial charge in [0.2, 0.25) is 0 Å². The van der Waals surface area contributed by atoms with Gasteiger partial charge in [-0.2, -0.15) is 13.2 Å². The molecule has 122 valence electrons. The summed E-state index contributed by atoms with van der Waals surface area (Å²) in [5.41, 5.74) is 0.732. The summed E-state index contributed by atoms with van der Waals surface area (Å²) in [5, 5.41) is 9.01. The van der Waals surface area contributed by atoms with Crippen molar-refractivity contribution in [2.45, 2.75) is 25.0 Å². The van der Waals surface area contributed by atoms with Crippen molar-refractivity contribution < 1.29 is 32.5 Å². The molecule has 2 atom stereocenters. The fourth-order valence-corrected chi connectivity index (χ4v) is 2.08. The van der Waals surface area contributed by atoms with Gasteiger partial charge in [-0.1, -0.05) is 30.3 Å². The Morgan fingerprint density at radius 2 is 2.00 bits per heavy atom. The Kier molecular flexibility index (Phi) is 5.25. The van der Waals surface area contributed by atoms with Crippen LogP contribution in [0.5, 0.6) is 0 Å². The van der Waals surface area contributed by atoms with Crippen LogP contribution in [0.4, 0.5) is 18.0 Å². The Balaban J connectivity index is 1.95. The Morgan fingerprint density at radius 3 is 2.59 bits per heavy atom. The number of carbonyl (C=O) groups is 1. The van der Waals surface area contributed by atoms with Crippen molar-refractivity contribution in [1.82, 2.24) is 4.90 Å². The minimum Gasteiger partial charge on any atom is -0.445 e. The number of amides is 1. The first-order valence-corrected chi connectivity index (χ1v) is 6.69. The predicted molar refractivity (Wildman–Crippen MR) is 70.0 cm³/mol. The number of rotatable bonds is 3. The number of alkyl halides is 3. The van der Waals surface area contributed by atoms with E-state index in [0.29, 0.717) is 0 Å². The van der Waals surface area contributed by atoms with Crippen molar-refractivity contribution in [3.8, 4) is 0 Å². The molecular weight excluding hydrogens is 303 g/mol. The van der Waals surface area contributed by atoms with Gasteiger partial charge in [0.25, 0.3) is 0 Å². The van der Waals surface area contributed by atoms with Gasteiger partial charge in [0, 0.05) is 0 Å². The van der Waals surface area contributed by atoms with Crippen LogP contribution in [-0.4, -0.2) is 54.2 Å². The van der Waals surface area contributed by atoms with E-state index in [9.17, 15) is 18.0 Å². The lowest BCUT2D eigenvalue weighted by molar-refractivity contribution is -0.253. The molecule has 1 saturated heterocycles. The number of hydrogen-bond acceptors (Lipinski definition) is 4. The van der Waals surface area contributed by atoms with Crippen LogP contribution in [0, 0.1) is 0 Å². The Morgan fingerprint density at radius 1 is 1.32 bits per heavy atom. The Labute approximate surface area is 125 Å². The van der Waals surface area contributed by atoms with E-state index in [4.69, 9.17) is 14.6 Å². The second kappa shape index (κ2) is 6.97. The van der Waals surface area contributed by atoms with Crippen LogP contribution in [0.2, 0.25) is 0 Å². The molecule has 0 saturated carbocycles. The molecule has 1 aromatic carbocycles. The summed E-state index contributed by atoms with van der Waals surface area (Å²) in [7, 11) is 0. The lowest BCUT2D eigenvalue weighted by atomic mass is 10.2. The van der Waals surface area contributed by atoms with Crippen LogP contribution in [0.1, 0.15) is 5.56 Å². The number of aliphatic hydroxyl groups is 1. The van der Waals surface area contributed by atoms with Crippen molar-refractivity contribution in [3.63, 3.8) is 0 Å². The molecule has 0 aromatic heterocycles. The third-order valence-electron chi connectivity index (χ3n) is 3.20. The fourth-order valence-electron chi connectivity index (χ4n) is 2.08. The van der Waals surface area contributed by atoms with Crippen molar-refractivity contribution in [3.05, 3.63) is 35.9 Å². The highest BCUT2D eigenvalue weighted by atomic mass is 19.4. The largest absolute Gasteiger partial charge is 0.445 e. The van der Waals surface area contributed by atoms with E-state index in [0.717, 1.165) is 10.5 Å². The van der Waals surface area contributed by atoms with Gasteiger partial charge in [0.15, 0.2) is 6.10 Å². The predicted octanol–water partition coefficient (Wildman–Crippen LogP) is 1.95. The lowest BCUT2D eigenvalue weighted by Crippen LogP contribution is -2.55. The molecule has 1 amide bonds. The van der Waals surface area contributed by atoms with E-state index in [2.05, 4.69) is 0 Å². The number of hydrogen-bond donors (Lipinski definition) is 1. The summed E-state index contributed by atoms with van der Waals surface area (Å²) in [6.07, 6.45) is -8.67. The number of ether oxygens (including phenoxy) is 2. The molecule has 0 aliphatic carbocycles. The SMILES string of the molecule is O=C(OCc1ccccc1)N1CC(CO)OC(C(F)(F)F)C1. The summed E-state index contributed by atoms with van der Waals surface area (Å²) in [5.74, 6) is 0. The van der Waals surface area contributed by atoms with Gasteiger partial charge in [-0.05, 0) is 5.56 Å². The number of morpholine rings is 1. The number of benzene rings is 1. The highest BCUT2D eigenvalue weighted by Gasteiger charge is 2.47. The summed E-state index contributed by atoms with van der Waals surface area (Å²) in [6.45, 7) is -1.42. The summed E-state index contributed by atoms with van der Waals surface area (Å²) in [4.78, 5) is 12.8. The molecule has 1 heterocycles. The zero-order valence-corrected chi connectivity index (χ0v) is 11.6. The summed E-state index contributed by atoms with van der Waals surface area (Å²) in [6, 6.07) is 8.80. The first-order chi connectivity index (χ1) is 10.4. The molecule has 2 unspecified atom stereocenters. The third kappa shape index (κ3) is 4.35. The van der Waals surface area contributed by atoms with E-state index in [-0.39, 0.29) is 13.2 Å². The van der Waals surface area contributed by atoms with Gasteiger partial charge in [-0.25, -0.2) is 4.79 Å². The molecule has 8 heteroatoms. The number of aliphatic hydroxyl groups excluding tert-OH is 1. The van der Waals surface area contributed by atoms with E-state index in [1.54, 1.807) is 30.3 Å². The second-order valence-corrected chi connectivity index (χ2v) is 4.92.